The van der Waals surface area contributed by atoms with Crippen LogP contribution in [-0.2, 0) is 9.59 Å². The van der Waals surface area contributed by atoms with Gasteiger partial charge in [0.25, 0.3) is 11.8 Å². The van der Waals surface area contributed by atoms with Crippen molar-refractivity contribution in [2.45, 2.75) is 92.8 Å². The summed E-state index contributed by atoms with van der Waals surface area (Å²) in [4.78, 5) is 26.1. The van der Waals surface area contributed by atoms with Crippen LogP contribution in [0, 0.1) is 16.2 Å². The highest BCUT2D eigenvalue weighted by Crippen LogP contribution is 2.44. The molecule has 0 spiro atoms. The quantitative estimate of drug-likeness (QED) is 0.707. The molecule has 0 fully saturated rings. The molecular weight excluding hydrogens is 328 g/mol. The SMILES string of the molecule is CC(C)(C)CC(N1C(=O)C=CC1=O)C(C)(C)C(C)(N)CC(O)C(C)(C)C. The molecule has 1 heterocycles. The van der Waals surface area contributed by atoms with Gasteiger partial charge in [-0.1, -0.05) is 55.4 Å². The fraction of sp³-hybridized carbons (Fsp3) is 0.810. The van der Waals surface area contributed by atoms with E-state index >= 15 is 0 Å². The number of imide groups is 1. The van der Waals surface area contributed by atoms with Crippen LogP contribution in [0.15, 0.2) is 12.2 Å². The van der Waals surface area contributed by atoms with E-state index in [1.807, 2.05) is 41.5 Å². The number of rotatable bonds is 6. The summed E-state index contributed by atoms with van der Waals surface area (Å²) in [6, 6.07) is -0.361. The number of amides is 2. The van der Waals surface area contributed by atoms with Crippen LogP contribution in [0.4, 0.5) is 0 Å². The maximum atomic E-state index is 12.4. The van der Waals surface area contributed by atoms with Crippen molar-refractivity contribution in [2.75, 3.05) is 0 Å². The minimum atomic E-state index is -0.779. The molecule has 0 radical (unpaired) electrons. The van der Waals surface area contributed by atoms with Crippen molar-refractivity contribution in [3.63, 3.8) is 0 Å². The van der Waals surface area contributed by atoms with Gasteiger partial charge in [0.2, 0.25) is 0 Å². The molecule has 3 atom stereocenters. The van der Waals surface area contributed by atoms with Gasteiger partial charge in [-0.15, -0.1) is 0 Å². The van der Waals surface area contributed by atoms with E-state index in [0.717, 1.165) is 0 Å². The molecule has 3 N–H and O–H groups in total. The molecule has 1 rings (SSSR count). The molecule has 2 amide bonds. The number of nitrogens with zero attached hydrogens (tertiary/aromatic N) is 1. The second-order valence-electron chi connectivity index (χ2n) is 10.9. The Morgan fingerprint density at radius 2 is 1.35 bits per heavy atom. The van der Waals surface area contributed by atoms with Gasteiger partial charge < -0.3 is 10.8 Å². The second kappa shape index (κ2) is 7.08. The zero-order valence-corrected chi connectivity index (χ0v) is 18.0. The van der Waals surface area contributed by atoms with Crippen LogP contribution in [0.5, 0.6) is 0 Å². The summed E-state index contributed by atoms with van der Waals surface area (Å²) in [5.41, 5.74) is 4.98. The minimum absolute atomic E-state index is 0.0934. The summed E-state index contributed by atoms with van der Waals surface area (Å²) >= 11 is 0. The molecule has 0 aromatic carbocycles. The van der Waals surface area contributed by atoms with Gasteiger partial charge >= 0.3 is 0 Å². The Hall–Kier alpha value is -1.20. The average Bonchev–Trinajstić information content (AvgIpc) is 2.72. The molecule has 0 aliphatic carbocycles. The summed E-state index contributed by atoms with van der Waals surface area (Å²) in [6.45, 7) is 18.1. The van der Waals surface area contributed by atoms with Crippen molar-refractivity contribution >= 4 is 11.8 Å². The van der Waals surface area contributed by atoms with Gasteiger partial charge in [0, 0.05) is 29.1 Å². The summed E-state index contributed by atoms with van der Waals surface area (Å²) in [7, 11) is 0. The van der Waals surface area contributed by atoms with Gasteiger partial charge in [-0.05, 0) is 30.6 Å². The lowest BCUT2D eigenvalue weighted by Gasteiger charge is -2.52. The van der Waals surface area contributed by atoms with Crippen LogP contribution in [0.25, 0.3) is 0 Å². The first-order valence-corrected chi connectivity index (χ1v) is 9.42. The monoisotopic (exact) mass is 366 g/mol. The standard InChI is InChI=1S/C21H38N2O3/c1-18(2,3)12-14(23-16(25)10-11-17(23)26)20(7,8)21(9,22)13-15(24)19(4,5)6/h10-11,14-15,24H,12-13,22H2,1-9H3. The summed E-state index contributed by atoms with van der Waals surface area (Å²) in [5.74, 6) is -0.575. The number of carbonyl (C=O) groups is 2. The van der Waals surface area contributed by atoms with E-state index in [9.17, 15) is 14.7 Å². The highest BCUT2D eigenvalue weighted by Gasteiger charge is 2.51. The molecule has 5 heteroatoms. The van der Waals surface area contributed by atoms with E-state index < -0.39 is 17.1 Å². The van der Waals surface area contributed by atoms with Gasteiger partial charge in [0.15, 0.2) is 0 Å². The van der Waals surface area contributed by atoms with Crippen molar-refractivity contribution in [1.82, 2.24) is 4.90 Å². The summed E-state index contributed by atoms with van der Waals surface area (Å²) < 4.78 is 0. The van der Waals surface area contributed by atoms with Gasteiger partial charge in [0.1, 0.15) is 0 Å². The molecule has 1 aliphatic heterocycles. The lowest BCUT2D eigenvalue weighted by atomic mass is 9.62. The van der Waals surface area contributed by atoms with Gasteiger partial charge in [-0.2, -0.15) is 0 Å². The van der Waals surface area contributed by atoms with E-state index in [0.29, 0.717) is 12.8 Å². The molecule has 150 valence electrons. The van der Waals surface area contributed by atoms with Crippen molar-refractivity contribution in [3.8, 4) is 0 Å². The molecule has 0 saturated heterocycles. The molecule has 3 unspecified atom stereocenters. The maximum absolute atomic E-state index is 12.4. The van der Waals surface area contributed by atoms with E-state index in [2.05, 4.69) is 20.8 Å². The summed E-state index contributed by atoms with van der Waals surface area (Å²) in [5, 5.41) is 10.6. The van der Waals surface area contributed by atoms with Crippen LogP contribution >= 0.6 is 0 Å². The molecule has 0 bridgehead atoms. The van der Waals surface area contributed by atoms with Crippen molar-refractivity contribution in [3.05, 3.63) is 12.2 Å². The first-order chi connectivity index (χ1) is 11.4. The Morgan fingerprint density at radius 1 is 0.923 bits per heavy atom. The Labute approximate surface area is 159 Å². The zero-order chi connectivity index (χ0) is 20.7. The fourth-order valence-electron chi connectivity index (χ4n) is 3.32. The van der Waals surface area contributed by atoms with E-state index in [4.69, 9.17) is 5.73 Å². The highest BCUT2D eigenvalue weighted by molar-refractivity contribution is 6.13. The number of hydrogen-bond acceptors (Lipinski definition) is 4. The lowest BCUT2D eigenvalue weighted by Crippen LogP contribution is -2.63. The van der Waals surface area contributed by atoms with Crippen LogP contribution < -0.4 is 5.73 Å². The number of aliphatic hydroxyl groups is 1. The maximum Gasteiger partial charge on any atom is 0.253 e. The lowest BCUT2D eigenvalue weighted by molar-refractivity contribution is -0.145. The van der Waals surface area contributed by atoms with Crippen LogP contribution in [0.3, 0.4) is 0 Å². The molecular formula is C21H38N2O3. The van der Waals surface area contributed by atoms with E-state index in [-0.39, 0.29) is 28.7 Å². The van der Waals surface area contributed by atoms with Crippen molar-refractivity contribution in [2.24, 2.45) is 22.0 Å². The number of carbonyl (C=O) groups excluding carboxylic acids is 2. The topological polar surface area (TPSA) is 83.6 Å². The predicted octanol–water partition coefficient (Wildman–Crippen LogP) is 3.26. The van der Waals surface area contributed by atoms with Crippen LogP contribution in [-0.4, -0.2) is 39.5 Å². The second-order valence-corrected chi connectivity index (χ2v) is 10.9. The fourth-order valence-corrected chi connectivity index (χ4v) is 3.32. The van der Waals surface area contributed by atoms with Crippen molar-refractivity contribution in [1.29, 1.82) is 0 Å². The smallest absolute Gasteiger partial charge is 0.253 e. The molecule has 5 nitrogen and oxygen atoms in total. The van der Waals surface area contributed by atoms with Crippen LogP contribution in [0.2, 0.25) is 0 Å². The minimum Gasteiger partial charge on any atom is -0.393 e. The van der Waals surface area contributed by atoms with Crippen molar-refractivity contribution < 1.29 is 14.7 Å². The molecule has 1 aliphatic rings. The number of hydrogen-bond donors (Lipinski definition) is 2. The normalized spacial score (nSPS) is 21.1. The third-order valence-electron chi connectivity index (χ3n) is 5.88. The van der Waals surface area contributed by atoms with Gasteiger partial charge in [-0.25, -0.2) is 0 Å². The zero-order valence-electron chi connectivity index (χ0n) is 18.0. The largest absolute Gasteiger partial charge is 0.393 e. The van der Waals surface area contributed by atoms with Crippen LogP contribution in [0.1, 0.15) is 75.2 Å². The van der Waals surface area contributed by atoms with Gasteiger partial charge in [0.05, 0.1) is 6.10 Å². The highest BCUT2D eigenvalue weighted by atomic mass is 16.3. The summed E-state index contributed by atoms with van der Waals surface area (Å²) in [6.07, 6.45) is 3.08. The first kappa shape index (κ1) is 22.8. The predicted molar refractivity (Wildman–Crippen MR) is 105 cm³/mol. The Kier molecular flexibility index (Phi) is 6.22. The Bertz CT molecular complexity index is 559. The Morgan fingerprint density at radius 3 is 1.69 bits per heavy atom. The Balaban J connectivity index is 3.29. The third kappa shape index (κ3) is 4.95. The molecule has 0 aromatic rings. The number of nitrogens with two attached hydrogens (primary N) is 1. The van der Waals surface area contributed by atoms with E-state index in [1.54, 1.807) is 0 Å². The number of aliphatic hydroxyl groups excluding tert-OH is 1. The first-order valence-electron chi connectivity index (χ1n) is 9.42. The average molecular weight is 367 g/mol. The van der Waals surface area contributed by atoms with Gasteiger partial charge in [-0.3, -0.25) is 14.5 Å². The molecule has 26 heavy (non-hydrogen) atoms. The third-order valence-corrected chi connectivity index (χ3v) is 5.88. The van der Waals surface area contributed by atoms with E-state index in [1.165, 1.54) is 17.1 Å². The molecule has 0 saturated carbocycles. The molecule has 0 aromatic heterocycles.